The van der Waals surface area contributed by atoms with Crippen LogP contribution in [-0.4, -0.2) is 49.6 Å². The number of rotatable bonds is 1. The van der Waals surface area contributed by atoms with Crippen LogP contribution in [0.5, 0.6) is 0 Å². The van der Waals surface area contributed by atoms with Crippen LogP contribution in [-0.2, 0) is 0 Å². The molecule has 8 atom stereocenters. The van der Waals surface area contributed by atoms with Gasteiger partial charge < -0.3 is 9.80 Å². The normalized spacial score (nSPS) is 53.7. The van der Waals surface area contributed by atoms with Gasteiger partial charge in [-0.05, 0) is 114 Å². The van der Waals surface area contributed by atoms with Crippen LogP contribution < -0.4 is 0 Å². The Hall–Kier alpha value is -0.340. The predicted molar refractivity (Wildman–Crippen MR) is 109 cm³/mol. The van der Waals surface area contributed by atoms with Gasteiger partial charge in [0.1, 0.15) is 0 Å². The first-order chi connectivity index (χ1) is 12.4. The van der Waals surface area contributed by atoms with Crippen LogP contribution in [0.25, 0.3) is 0 Å². The third-order valence-electron chi connectivity index (χ3n) is 10.4. The summed E-state index contributed by atoms with van der Waals surface area (Å²) in [5.74, 6) is 3.96. The summed E-state index contributed by atoms with van der Waals surface area (Å²) in [6, 6.07) is 1.60. The van der Waals surface area contributed by atoms with Crippen LogP contribution >= 0.6 is 0 Å². The van der Waals surface area contributed by atoms with Crippen LogP contribution in [0, 0.1) is 34.5 Å². The summed E-state index contributed by atoms with van der Waals surface area (Å²) in [5.41, 5.74) is 3.04. The van der Waals surface area contributed by atoms with E-state index in [0.717, 1.165) is 35.8 Å². The number of hydrogen-bond donors (Lipinski definition) is 0. The molecule has 2 heteroatoms. The van der Waals surface area contributed by atoms with Crippen LogP contribution in [0.3, 0.4) is 0 Å². The maximum absolute atomic E-state index is 2.74. The Morgan fingerprint density at radius 1 is 1.04 bits per heavy atom. The first kappa shape index (κ1) is 17.7. The van der Waals surface area contributed by atoms with E-state index < -0.39 is 0 Å². The molecule has 1 aliphatic heterocycles. The lowest BCUT2D eigenvalue weighted by Crippen LogP contribution is -2.52. The van der Waals surface area contributed by atoms with Crippen molar-refractivity contribution in [2.24, 2.45) is 34.5 Å². The van der Waals surface area contributed by atoms with Gasteiger partial charge in [0.2, 0.25) is 0 Å². The Balaban J connectivity index is 1.45. The molecule has 26 heavy (non-hydrogen) atoms. The lowest BCUT2D eigenvalue weighted by Gasteiger charge is -2.58. The second-order valence-corrected chi connectivity index (χ2v) is 11.2. The molecule has 0 N–H and O–H groups in total. The lowest BCUT2D eigenvalue weighted by atomic mass is 9.47. The Kier molecular flexibility index (Phi) is 3.98. The van der Waals surface area contributed by atoms with Gasteiger partial charge in [-0.2, -0.15) is 0 Å². The third kappa shape index (κ3) is 2.18. The number of hydrogen-bond acceptors (Lipinski definition) is 2. The van der Waals surface area contributed by atoms with Crippen molar-refractivity contribution in [2.75, 3.05) is 27.7 Å². The van der Waals surface area contributed by atoms with E-state index in [1.54, 1.807) is 0 Å². The molecule has 1 heterocycles. The molecular weight excluding hydrogens is 316 g/mol. The zero-order valence-corrected chi connectivity index (χ0v) is 17.8. The fourth-order valence-corrected chi connectivity index (χ4v) is 8.88. The standard InChI is InChI=1S/C24H40N2/c1-16-20-8-9-22-19-7-6-17-14-18(25(3)4)10-12-23(17,2)21(19)11-13-24(20,22)15-26(16)5/h6,16,18-22H,7-15H2,1-5H3. The van der Waals surface area contributed by atoms with E-state index in [0.29, 0.717) is 10.8 Å². The summed E-state index contributed by atoms with van der Waals surface area (Å²) >= 11 is 0. The fourth-order valence-electron chi connectivity index (χ4n) is 8.88. The maximum Gasteiger partial charge on any atom is 0.0127 e. The van der Waals surface area contributed by atoms with Crippen molar-refractivity contribution in [1.82, 2.24) is 9.80 Å². The van der Waals surface area contributed by atoms with Gasteiger partial charge in [0.25, 0.3) is 0 Å². The first-order valence-electron chi connectivity index (χ1n) is 11.4. The minimum atomic E-state index is 0.519. The second kappa shape index (κ2) is 5.83. The molecule has 8 unspecified atom stereocenters. The Morgan fingerprint density at radius 2 is 1.81 bits per heavy atom. The quantitative estimate of drug-likeness (QED) is 0.622. The van der Waals surface area contributed by atoms with E-state index in [4.69, 9.17) is 0 Å². The SMILES string of the molecule is CC1C2CCC3C4CC=C5CC(N(C)C)CCC5(C)C4CCC32CN1C. The van der Waals surface area contributed by atoms with Crippen molar-refractivity contribution in [3.8, 4) is 0 Å². The summed E-state index contributed by atoms with van der Waals surface area (Å²) in [4.78, 5) is 5.17. The van der Waals surface area contributed by atoms with Crippen molar-refractivity contribution in [1.29, 1.82) is 0 Å². The van der Waals surface area contributed by atoms with E-state index in [1.165, 1.54) is 57.9 Å². The van der Waals surface area contributed by atoms with E-state index in [-0.39, 0.29) is 0 Å². The predicted octanol–water partition coefficient (Wildman–Crippen LogP) is 4.81. The number of nitrogens with zero attached hydrogens (tertiary/aromatic N) is 2. The summed E-state index contributed by atoms with van der Waals surface area (Å²) < 4.78 is 0. The molecule has 0 aromatic heterocycles. The molecule has 0 bridgehead atoms. The Bertz CT molecular complexity index is 609. The van der Waals surface area contributed by atoms with E-state index >= 15 is 0 Å². The van der Waals surface area contributed by atoms with E-state index in [1.807, 2.05) is 5.57 Å². The molecule has 1 spiro atoms. The van der Waals surface area contributed by atoms with Crippen LogP contribution in [0.4, 0.5) is 0 Å². The van der Waals surface area contributed by atoms with Gasteiger partial charge in [-0.15, -0.1) is 0 Å². The molecule has 0 aromatic rings. The minimum absolute atomic E-state index is 0.519. The molecule has 146 valence electrons. The third-order valence-corrected chi connectivity index (χ3v) is 10.4. The van der Waals surface area contributed by atoms with Crippen molar-refractivity contribution in [3.05, 3.63) is 11.6 Å². The minimum Gasteiger partial charge on any atom is -0.306 e. The maximum atomic E-state index is 2.74. The summed E-state index contributed by atoms with van der Waals surface area (Å²) in [5, 5.41) is 0. The van der Waals surface area contributed by atoms with Crippen LogP contribution in [0.1, 0.15) is 65.2 Å². The summed E-state index contributed by atoms with van der Waals surface area (Å²) in [6.45, 7) is 6.56. The van der Waals surface area contributed by atoms with Gasteiger partial charge in [0.15, 0.2) is 0 Å². The van der Waals surface area contributed by atoms with Gasteiger partial charge in [0, 0.05) is 18.6 Å². The fraction of sp³-hybridized carbons (Fsp3) is 0.917. The van der Waals surface area contributed by atoms with Gasteiger partial charge in [-0.25, -0.2) is 0 Å². The zero-order valence-electron chi connectivity index (χ0n) is 17.8. The molecule has 2 nitrogen and oxygen atoms in total. The average molecular weight is 357 g/mol. The molecule has 5 rings (SSSR count). The lowest BCUT2D eigenvalue weighted by molar-refractivity contribution is -0.0430. The van der Waals surface area contributed by atoms with Crippen LogP contribution in [0.15, 0.2) is 11.6 Å². The number of allylic oxidation sites excluding steroid dienone is 1. The van der Waals surface area contributed by atoms with Crippen molar-refractivity contribution in [2.45, 2.75) is 77.3 Å². The van der Waals surface area contributed by atoms with Gasteiger partial charge >= 0.3 is 0 Å². The molecule has 0 radical (unpaired) electrons. The second-order valence-electron chi connectivity index (χ2n) is 11.2. The monoisotopic (exact) mass is 356 g/mol. The van der Waals surface area contributed by atoms with Crippen molar-refractivity contribution >= 4 is 0 Å². The highest BCUT2D eigenvalue weighted by Crippen LogP contribution is 2.68. The molecule has 4 aliphatic carbocycles. The molecule has 0 amide bonds. The number of fused-ring (bicyclic) bond motifs is 4. The summed E-state index contributed by atoms with van der Waals surface area (Å²) in [6.07, 6.45) is 14.4. The molecule has 4 fully saturated rings. The molecule has 1 saturated heterocycles. The van der Waals surface area contributed by atoms with Crippen LogP contribution in [0.2, 0.25) is 0 Å². The molecule has 3 saturated carbocycles. The Morgan fingerprint density at radius 3 is 2.58 bits per heavy atom. The Labute approximate surface area is 161 Å². The van der Waals surface area contributed by atoms with E-state index in [9.17, 15) is 0 Å². The zero-order chi connectivity index (χ0) is 18.3. The molecule has 0 aromatic carbocycles. The van der Waals surface area contributed by atoms with Gasteiger partial charge in [-0.1, -0.05) is 18.6 Å². The molecule has 5 aliphatic rings. The first-order valence-corrected chi connectivity index (χ1v) is 11.4. The highest BCUT2D eigenvalue weighted by molar-refractivity contribution is 5.26. The number of likely N-dealkylation sites (tertiary alicyclic amines) is 1. The highest BCUT2D eigenvalue weighted by Gasteiger charge is 2.63. The molecular formula is C24H40N2. The average Bonchev–Trinajstić information content (AvgIpc) is 3.08. The van der Waals surface area contributed by atoms with Crippen molar-refractivity contribution in [3.63, 3.8) is 0 Å². The summed E-state index contributed by atoms with van der Waals surface area (Å²) in [7, 11) is 6.95. The topological polar surface area (TPSA) is 6.48 Å². The largest absolute Gasteiger partial charge is 0.306 e. The smallest absolute Gasteiger partial charge is 0.0127 e. The van der Waals surface area contributed by atoms with Gasteiger partial charge in [-0.3, -0.25) is 0 Å². The highest BCUT2D eigenvalue weighted by atomic mass is 15.2. The van der Waals surface area contributed by atoms with Gasteiger partial charge in [0.05, 0.1) is 0 Å². The van der Waals surface area contributed by atoms with Crippen molar-refractivity contribution < 1.29 is 0 Å². The van der Waals surface area contributed by atoms with E-state index in [2.05, 4.69) is 50.9 Å².